The number of nitrogens with two attached hydrogens (primary N) is 1. The Labute approximate surface area is 162 Å². The Morgan fingerprint density at radius 1 is 1.22 bits per heavy atom. The van der Waals surface area contributed by atoms with Gasteiger partial charge in [-0.05, 0) is 35.7 Å². The molecule has 1 aliphatic heterocycles. The number of imidazole rings is 1. The number of anilines is 1. The van der Waals surface area contributed by atoms with Crippen molar-refractivity contribution in [2.45, 2.75) is 12.3 Å². The summed E-state index contributed by atoms with van der Waals surface area (Å²) in [5, 5.41) is 0.640. The summed E-state index contributed by atoms with van der Waals surface area (Å²) in [7, 11) is 3.53. The number of hydrogen-bond donors (Lipinski definition) is 1. The lowest BCUT2D eigenvalue weighted by Crippen LogP contribution is -2.07. The molecule has 1 aliphatic rings. The molecule has 3 aromatic rings. The molecule has 1 unspecified atom stereocenters. The molecule has 140 valence electrons. The Balaban J connectivity index is 1.73. The second-order valence-corrected chi connectivity index (χ2v) is 6.87. The number of nitrogen functional groups attached to an aromatic ring is 1. The van der Waals surface area contributed by atoms with Crippen LogP contribution in [0.25, 0.3) is 0 Å². The minimum Gasteiger partial charge on any atom is -0.497 e. The number of methoxy groups -OCH3 is 1. The number of hydrogen-bond acceptors (Lipinski definition) is 5. The van der Waals surface area contributed by atoms with Gasteiger partial charge < -0.3 is 24.5 Å². The monoisotopic (exact) mass is 385 g/mol. The second-order valence-electron chi connectivity index (χ2n) is 6.46. The highest BCUT2D eigenvalue weighted by Gasteiger charge is 2.23. The molecular formula is C20H20ClN3O3. The Kier molecular flexibility index (Phi) is 4.58. The molecule has 1 aromatic heterocycles. The lowest BCUT2D eigenvalue weighted by atomic mass is 9.89. The third-order valence-electron chi connectivity index (χ3n) is 4.77. The van der Waals surface area contributed by atoms with Crippen molar-refractivity contribution in [1.29, 1.82) is 0 Å². The highest BCUT2D eigenvalue weighted by molar-refractivity contribution is 6.31. The van der Waals surface area contributed by atoms with E-state index >= 15 is 0 Å². The van der Waals surface area contributed by atoms with E-state index in [-0.39, 0.29) is 12.7 Å². The van der Waals surface area contributed by atoms with Gasteiger partial charge in [-0.1, -0.05) is 23.7 Å². The number of aromatic nitrogens is 2. The molecule has 0 bridgehead atoms. The molecule has 0 aliphatic carbocycles. The highest BCUT2D eigenvalue weighted by Crippen LogP contribution is 2.39. The summed E-state index contributed by atoms with van der Waals surface area (Å²) in [6.45, 7) is 0.216. The fraction of sp³-hybridized carbons (Fsp3) is 0.250. The normalized spacial score (nSPS) is 13.6. The first-order valence-corrected chi connectivity index (χ1v) is 8.93. The average Bonchev–Trinajstić information content (AvgIpc) is 3.25. The molecule has 0 fully saturated rings. The summed E-state index contributed by atoms with van der Waals surface area (Å²) in [6.07, 6.45) is 2.60. The first kappa shape index (κ1) is 17.5. The van der Waals surface area contributed by atoms with Gasteiger partial charge in [-0.25, -0.2) is 4.98 Å². The lowest BCUT2D eigenvalue weighted by Gasteiger charge is -2.17. The highest BCUT2D eigenvalue weighted by atomic mass is 35.5. The van der Waals surface area contributed by atoms with Crippen LogP contribution in [0.5, 0.6) is 17.2 Å². The maximum Gasteiger partial charge on any atom is 0.231 e. The summed E-state index contributed by atoms with van der Waals surface area (Å²) in [5.74, 6) is 2.65. The fourth-order valence-corrected chi connectivity index (χ4v) is 3.47. The largest absolute Gasteiger partial charge is 0.497 e. The summed E-state index contributed by atoms with van der Waals surface area (Å²) in [6, 6.07) is 11.7. The number of aryl methyl sites for hydroxylation is 1. The van der Waals surface area contributed by atoms with E-state index in [2.05, 4.69) is 4.98 Å². The summed E-state index contributed by atoms with van der Waals surface area (Å²) >= 11 is 6.51. The van der Waals surface area contributed by atoms with Gasteiger partial charge in [0, 0.05) is 30.3 Å². The number of rotatable bonds is 5. The molecule has 0 saturated carbocycles. The van der Waals surface area contributed by atoms with Crippen LogP contribution in [0.2, 0.25) is 5.02 Å². The van der Waals surface area contributed by atoms with Gasteiger partial charge in [-0.2, -0.15) is 0 Å². The predicted molar refractivity (Wildman–Crippen MR) is 104 cm³/mol. The van der Waals surface area contributed by atoms with Crippen molar-refractivity contribution in [3.8, 4) is 17.2 Å². The van der Waals surface area contributed by atoms with E-state index < -0.39 is 0 Å². The van der Waals surface area contributed by atoms with Crippen molar-refractivity contribution in [2.24, 2.45) is 7.05 Å². The molecule has 1 atom stereocenters. The number of ether oxygens (including phenoxy) is 3. The maximum absolute atomic E-state index is 6.51. The van der Waals surface area contributed by atoms with E-state index in [4.69, 9.17) is 31.5 Å². The standard InChI is InChI=1S/C20H20ClN3O3/c1-24-10-17(23-20(24)22)15(12-3-5-14(25-2)6-4-12)7-13-8-18-19(9-16(13)21)27-11-26-18/h3-6,8-10,15H,7,11H2,1-2H3,(H2,22,23). The van der Waals surface area contributed by atoms with Gasteiger partial charge in [0.25, 0.3) is 0 Å². The van der Waals surface area contributed by atoms with Gasteiger partial charge in [0.1, 0.15) is 5.75 Å². The molecule has 2 heterocycles. The zero-order chi connectivity index (χ0) is 19.0. The quantitative estimate of drug-likeness (QED) is 0.723. The van der Waals surface area contributed by atoms with E-state index in [1.807, 2.05) is 48.1 Å². The van der Waals surface area contributed by atoms with Crippen LogP contribution in [0.15, 0.2) is 42.6 Å². The molecule has 7 heteroatoms. The number of nitrogens with zero attached hydrogens (tertiary/aromatic N) is 2. The summed E-state index contributed by atoms with van der Waals surface area (Å²) in [5.41, 5.74) is 8.92. The van der Waals surface area contributed by atoms with Crippen LogP contribution in [0.3, 0.4) is 0 Å². The van der Waals surface area contributed by atoms with E-state index in [0.29, 0.717) is 28.9 Å². The SMILES string of the molecule is COc1ccc(C(Cc2cc3c(cc2Cl)OCO3)c2cn(C)c(N)n2)cc1. The molecule has 2 aromatic carbocycles. The van der Waals surface area contributed by atoms with Crippen molar-refractivity contribution in [2.75, 3.05) is 19.6 Å². The molecule has 0 radical (unpaired) electrons. The lowest BCUT2D eigenvalue weighted by molar-refractivity contribution is 0.174. The van der Waals surface area contributed by atoms with Crippen LogP contribution >= 0.6 is 11.6 Å². The van der Waals surface area contributed by atoms with Crippen molar-refractivity contribution in [3.63, 3.8) is 0 Å². The Morgan fingerprint density at radius 2 is 1.93 bits per heavy atom. The van der Waals surface area contributed by atoms with Gasteiger partial charge in [0.2, 0.25) is 6.79 Å². The molecule has 4 rings (SSSR count). The zero-order valence-corrected chi connectivity index (χ0v) is 15.9. The average molecular weight is 386 g/mol. The first-order chi connectivity index (χ1) is 13.0. The van der Waals surface area contributed by atoms with E-state index in [1.165, 1.54) is 0 Å². The first-order valence-electron chi connectivity index (χ1n) is 8.56. The Bertz CT molecular complexity index is 950. The van der Waals surface area contributed by atoms with Crippen LogP contribution in [0, 0.1) is 0 Å². The van der Waals surface area contributed by atoms with E-state index in [9.17, 15) is 0 Å². The molecule has 0 amide bonds. The van der Waals surface area contributed by atoms with Crippen molar-refractivity contribution in [1.82, 2.24) is 9.55 Å². The van der Waals surface area contributed by atoms with Crippen LogP contribution in [-0.2, 0) is 13.5 Å². The zero-order valence-electron chi connectivity index (χ0n) is 15.1. The predicted octanol–water partition coefficient (Wildman–Crippen LogP) is 3.77. The number of halogens is 1. The number of benzene rings is 2. The minimum absolute atomic E-state index is 0.0164. The van der Waals surface area contributed by atoms with Gasteiger partial charge in [0.15, 0.2) is 17.4 Å². The smallest absolute Gasteiger partial charge is 0.231 e. The third-order valence-corrected chi connectivity index (χ3v) is 5.12. The van der Waals surface area contributed by atoms with Crippen LogP contribution in [-0.4, -0.2) is 23.5 Å². The summed E-state index contributed by atoms with van der Waals surface area (Å²) in [4.78, 5) is 4.54. The third kappa shape index (κ3) is 3.40. The molecule has 0 saturated heterocycles. The maximum atomic E-state index is 6.51. The van der Waals surface area contributed by atoms with Gasteiger partial charge in [0.05, 0.1) is 12.8 Å². The van der Waals surface area contributed by atoms with Gasteiger partial charge in [-0.3, -0.25) is 0 Å². The molecule has 0 spiro atoms. The molecule has 6 nitrogen and oxygen atoms in total. The Morgan fingerprint density at radius 3 is 2.56 bits per heavy atom. The summed E-state index contributed by atoms with van der Waals surface area (Å²) < 4.78 is 18.0. The minimum atomic E-state index is -0.0164. The van der Waals surface area contributed by atoms with Crippen LogP contribution < -0.4 is 19.9 Å². The van der Waals surface area contributed by atoms with E-state index in [0.717, 1.165) is 22.6 Å². The van der Waals surface area contributed by atoms with Crippen molar-refractivity contribution >= 4 is 17.5 Å². The molecular weight excluding hydrogens is 366 g/mol. The van der Waals surface area contributed by atoms with Gasteiger partial charge >= 0.3 is 0 Å². The van der Waals surface area contributed by atoms with Crippen LogP contribution in [0.4, 0.5) is 5.95 Å². The molecule has 27 heavy (non-hydrogen) atoms. The number of fused-ring (bicyclic) bond motifs is 1. The fourth-order valence-electron chi connectivity index (χ4n) is 3.24. The van der Waals surface area contributed by atoms with E-state index in [1.54, 1.807) is 13.2 Å². The Hall–Kier alpha value is -2.86. The second kappa shape index (κ2) is 7.04. The molecule has 2 N–H and O–H groups in total. The topological polar surface area (TPSA) is 71.5 Å². The van der Waals surface area contributed by atoms with Crippen LogP contribution in [0.1, 0.15) is 22.7 Å². The van der Waals surface area contributed by atoms with Crippen molar-refractivity contribution < 1.29 is 14.2 Å². The van der Waals surface area contributed by atoms with Crippen molar-refractivity contribution in [3.05, 3.63) is 64.4 Å². The van der Waals surface area contributed by atoms with Gasteiger partial charge in [-0.15, -0.1) is 0 Å².